The molecule has 1 aliphatic heterocycles. The normalized spacial score (nSPS) is 20.4. The summed E-state index contributed by atoms with van der Waals surface area (Å²) in [5, 5.41) is 6.94. The van der Waals surface area contributed by atoms with Crippen LogP contribution in [-0.4, -0.2) is 36.8 Å². The molecule has 0 bridgehead atoms. The Bertz CT molecular complexity index is 602. The minimum atomic E-state index is -1.16. The number of amides is 1. The van der Waals surface area contributed by atoms with Gasteiger partial charge in [0.1, 0.15) is 6.54 Å². The van der Waals surface area contributed by atoms with Crippen molar-refractivity contribution in [2.24, 2.45) is 5.16 Å². The summed E-state index contributed by atoms with van der Waals surface area (Å²) in [5.41, 5.74) is 0.155. The first-order valence-corrected chi connectivity index (χ1v) is 6.69. The van der Waals surface area contributed by atoms with E-state index in [-0.39, 0.29) is 13.0 Å². The zero-order valence-electron chi connectivity index (χ0n) is 11.7. The van der Waals surface area contributed by atoms with Crippen LogP contribution in [0.3, 0.4) is 0 Å². The Kier molecular flexibility index (Phi) is 4.47. The second-order valence-corrected chi connectivity index (χ2v) is 5.18. The van der Waals surface area contributed by atoms with Crippen molar-refractivity contribution in [1.82, 2.24) is 5.32 Å². The van der Waals surface area contributed by atoms with E-state index in [1.165, 1.54) is 7.11 Å². The molecule has 0 radical (unpaired) electrons. The van der Waals surface area contributed by atoms with Crippen molar-refractivity contribution in [2.75, 3.05) is 13.7 Å². The van der Waals surface area contributed by atoms with Gasteiger partial charge in [0.05, 0.1) is 12.8 Å². The number of esters is 1. The molecule has 0 aromatic heterocycles. The van der Waals surface area contributed by atoms with Crippen molar-refractivity contribution in [3.05, 3.63) is 34.9 Å². The lowest BCUT2D eigenvalue weighted by Crippen LogP contribution is -2.46. The number of oxime groups is 1. The van der Waals surface area contributed by atoms with Crippen LogP contribution in [-0.2, 0) is 19.2 Å². The number of nitrogens with one attached hydrogen (secondary N) is 1. The number of halogens is 1. The molecule has 1 heterocycles. The first-order valence-electron chi connectivity index (χ1n) is 6.31. The van der Waals surface area contributed by atoms with Gasteiger partial charge in [-0.25, -0.2) is 0 Å². The van der Waals surface area contributed by atoms with Crippen LogP contribution in [0, 0.1) is 0 Å². The predicted octanol–water partition coefficient (Wildman–Crippen LogP) is 1.51. The smallest absolute Gasteiger partial charge is 0.325 e. The van der Waals surface area contributed by atoms with Gasteiger partial charge in [-0.3, -0.25) is 9.59 Å². The van der Waals surface area contributed by atoms with Crippen LogP contribution in [0.15, 0.2) is 29.4 Å². The molecule has 6 nitrogen and oxygen atoms in total. The fourth-order valence-electron chi connectivity index (χ4n) is 1.91. The van der Waals surface area contributed by atoms with E-state index in [1.807, 2.05) is 18.2 Å². The molecule has 0 spiro atoms. The molecule has 1 aliphatic rings. The zero-order chi connectivity index (χ0) is 15.5. The van der Waals surface area contributed by atoms with E-state index in [0.29, 0.717) is 10.7 Å². The average Bonchev–Trinajstić information content (AvgIpc) is 2.88. The van der Waals surface area contributed by atoms with Crippen LogP contribution in [0.4, 0.5) is 0 Å². The Morgan fingerprint density at radius 2 is 2.19 bits per heavy atom. The van der Waals surface area contributed by atoms with Gasteiger partial charge in [0.25, 0.3) is 5.91 Å². The van der Waals surface area contributed by atoms with Gasteiger partial charge in [-0.2, -0.15) is 0 Å². The summed E-state index contributed by atoms with van der Waals surface area (Å²) in [6.45, 7) is 1.39. The van der Waals surface area contributed by atoms with E-state index in [4.69, 9.17) is 16.4 Å². The highest BCUT2D eigenvalue weighted by Gasteiger charge is 2.42. The topological polar surface area (TPSA) is 77.0 Å². The molecule has 1 amide bonds. The Balaban J connectivity index is 2.04. The lowest BCUT2D eigenvalue weighted by molar-refractivity contribution is -0.146. The highest BCUT2D eigenvalue weighted by molar-refractivity contribution is 6.34. The third kappa shape index (κ3) is 3.33. The van der Waals surface area contributed by atoms with E-state index >= 15 is 0 Å². The van der Waals surface area contributed by atoms with Crippen molar-refractivity contribution in [3.8, 4) is 0 Å². The molecule has 112 valence electrons. The van der Waals surface area contributed by atoms with Gasteiger partial charge in [-0.1, -0.05) is 35.0 Å². The molecule has 7 heteroatoms. The molecule has 0 saturated heterocycles. The Morgan fingerprint density at radius 3 is 2.86 bits per heavy atom. The quantitative estimate of drug-likeness (QED) is 0.855. The van der Waals surface area contributed by atoms with Crippen LogP contribution in [0.25, 0.3) is 0 Å². The maximum absolute atomic E-state index is 12.1. The van der Waals surface area contributed by atoms with Gasteiger partial charge in [0.15, 0.2) is 0 Å². The fraction of sp³-hybridized carbons (Fsp3) is 0.357. The number of ether oxygens (including phenoxy) is 1. The molecule has 1 atom stereocenters. The number of carbonyl (C=O) groups is 2. The highest BCUT2D eigenvalue weighted by atomic mass is 35.5. The predicted molar refractivity (Wildman–Crippen MR) is 77.1 cm³/mol. The lowest BCUT2D eigenvalue weighted by atomic mass is 9.95. The van der Waals surface area contributed by atoms with Gasteiger partial charge in [0, 0.05) is 17.0 Å². The lowest BCUT2D eigenvalue weighted by Gasteiger charge is -2.19. The second-order valence-electron chi connectivity index (χ2n) is 4.78. The van der Waals surface area contributed by atoms with Crippen molar-refractivity contribution in [2.45, 2.75) is 18.9 Å². The molecule has 1 aromatic carbocycles. The van der Waals surface area contributed by atoms with Crippen LogP contribution in [0.1, 0.15) is 18.9 Å². The summed E-state index contributed by atoms with van der Waals surface area (Å²) in [6.07, 6.45) is 0.268. The van der Waals surface area contributed by atoms with Crippen LogP contribution in [0.5, 0.6) is 0 Å². The summed E-state index contributed by atoms with van der Waals surface area (Å²) < 4.78 is 4.46. The Morgan fingerprint density at radius 1 is 1.48 bits per heavy atom. The van der Waals surface area contributed by atoms with Crippen molar-refractivity contribution in [1.29, 1.82) is 0 Å². The van der Waals surface area contributed by atoms with Gasteiger partial charge in [0.2, 0.25) is 5.60 Å². The molecule has 0 fully saturated rings. The van der Waals surface area contributed by atoms with Crippen LogP contribution in [0.2, 0.25) is 5.02 Å². The number of benzene rings is 1. The average molecular weight is 311 g/mol. The molecular formula is C14H15ClN2O4. The van der Waals surface area contributed by atoms with E-state index in [0.717, 1.165) is 5.56 Å². The molecule has 1 unspecified atom stereocenters. The molecule has 0 aliphatic carbocycles. The number of methoxy groups -OCH3 is 1. The number of nitrogens with zero attached hydrogens (tertiary/aromatic N) is 1. The van der Waals surface area contributed by atoms with E-state index in [2.05, 4.69) is 15.2 Å². The third-order valence-corrected chi connectivity index (χ3v) is 3.48. The summed E-state index contributed by atoms with van der Waals surface area (Å²) in [6, 6.07) is 7.19. The van der Waals surface area contributed by atoms with Crippen molar-refractivity contribution < 1.29 is 19.2 Å². The summed E-state index contributed by atoms with van der Waals surface area (Å²) in [4.78, 5) is 28.4. The monoisotopic (exact) mass is 310 g/mol. The zero-order valence-corrected chi connectivity index (χ0v) is 12.4. The van der Waals surface area contributed by atoms with Crippen molar-refractivity contribution in [3.63, 3.8) is 0 Å². The van der Waals surface area contributed by atoms with Crippen LogP contribution >= 0.6 is 11.6 Å². The van der Waals surface area contributed by atoms with E-state index in [1.54, 1.807) is 13.0 Å². The summed E-state index contributed by atoms with van der Waals surface area (Å²) in [7, 11) is 1.25. The molecular weight excluding hydrogens is 296 g/mol. The summed E-state index contributed by atoms with van der Waals surface area (Å²) >= 11 is 6.10. The Hall–Kier alpha value is -2.08. The van der Waals surface area contributed by atoms with Gasteiger partial charge in [-0.15, -0.1) is 0 Å². The fourth-order valence-corrected chi connectivity index (χ4v) is 2.16. The first kappa shape index (κ1) is 15.3. The minimum absolute atomic E-state index is 0.213. The molecule has 1 N–H and O–H groups in total. The minimum Gasteiger partial charge on any atom is -0.468 e. The molecule has 21 heavy (non-hydrogen) atoms. The Labute approximate surface area is 127 Å². The molecule has 2 rings (SSSR count). The maximum atomic E-state index is 12.1. The highest BCUT2D eigenvalue weighted by Crippen LogP contribution is 2.29. The largest absolute Gasteiger partial charge is 0.468 e. The summed E-state index contributed by atoms with van der Waals surface area (Å²) in [5.74, 6) is -0.962. The maximum Gasteiger partial charge on any atom is 0.325 e. The molecule has 0 saturated carbocycles. The van der Waals surface area contributed by atoms with E-state index < -0.39 is 17.5 Å². The van der Waals surface area contributed by atoms with Crippen LogP contribution < -0.4 is 5.32 Å². The SMILES string of the molecule is COC(=O)CNC(=O)C1(C)CC(c2ccccc2Cl)=NO1. The second kappa shape index (κ2) is 6.13. The van der Waals surface area contributed by atoms with E-state index in [9.17, 15) is 9.59 Å². The van der Waals surface area contributed by atoms with Gasteiger partial charge in [-0.05, 0) is 13.0 Å². The van der Waals surface area contributed by atoms with Crippen molar-refractivity contribution >= 4 is 29.2 Å². The molecule has 1 aromatic rings. The number of rotatable bonds is 4. The standard InChI is InChI=1S/C14H15ClN2O4/c1-14(13(19)16-8-12(18)20-2)7-11(17-21-14)9-5-3-4-6-10(9)15/h3-6H,7-8H2,1-2H3,(H,16,19). The third-order valence-electron chi connectivity index (χ3n) is 3.15. The first-order chi connectivity index (χ1) is 9.96. The van der Waals surface area contributed by atoms with Gasteiger partial charge < -0.3 is 14.9 Å². The van der Waals surface area contributed by atoms with Gasteiger partial charge >= 0.3 is 5.97 Å². The number of carbonyl (C=O) groups excluding carboxylic acids is 2. The number of hydrogen-bond donors (Lipinski definition) is 1. The number of hydrogen-bond acceptors (Lipinski definition) is 5.